The number of nitro groups is 1. The minimum absolute atomic E-state index is 0.0183. The lowest BCUT2D eigenvalue weighted by molar-refractivity contribution is -0.384. The van der Waals surface area contributed by atoms with Crippen molar-refractivity contribution in [3.05, 3.63) is 74.8 Å². The number of non-ortho nitro benzene ring substituents is 1. The predicted octanol–water partition coefficient (Wildman–Crippen LogP) is 4.42. The fourth-order valence-corrected chi connectivity index (χ4v) is 2.92. The number of rotatable bonds is 6. The first-order chi connectivity index (χ1) is 12.1. The number of halogens is 1. The molecule has 0 bridgehead atoms. The molecule has 0 spiro atoms. The molecule has 7 heteroatoms. The van der Waals surface area contributed by atoms with Gasteiger partial charge in [0.1, 0.15) is 18.1 Å². The third kappa shape index (κ3) is 3.92. The molecule has 0 fully saturated rings. The summed E-state index contributed by atoms with van der Waals surface area (Å²) in [6.45, 7) is 4.52. The summed E-state index contributed by atoms with van der Waals surface area (Å²) >= 11 is 6.15. The highest BCUT2D eigenvalue weighted by Gasteiger charge is 2.18. The summed E-state index contributed by atoms with van der Waals surface area (Å²) in [5.74, 6) is 1.27. The summed E-state index contributed by atoms with van der Waals surface area (Å²) in [6, 6.07) is 8.09. The van der Waals surface area contributed by atoms with E-state index >= 15 is 0 Å². The average molecular weight is 362 g/mol. The van der Waals surface area contributed by atoms with E-state index in [4.69, 9.17) is 25.8 Å². The Morgan fingerprint density at radius 2 is 2.16 bits per heavy atom. The molecule has 1 heterocycles. The number of hydrogen-bond donors (Lipinski definition) is 0. The van der Waals surface area contributed by atoms with Crippen LogP contribution in [0.2, 0.25) is 5.02 Å². The van der Waals surface area contributed by atoms with E-state index < -0.39 is 4.92 Å². The Bertz CT molecular complexity index is 821. The van der Waals surface area contributed by atoms with Crippen molar-refractivity contribution < 1.29 is 19.1 Å². The number of ether oxygens (including phenoxy) is 3. The van der Waals surface area contributed by atoms with Gasteiger partial charge in [-0.1, -0.05) is 17.7 Å². The molecule has 0 N–H and O–H groups in total. The van der Waals surface area contributed by atoms with Crippen molar-refractivity contribution in [2.45, 2.75) is 19.6 Å². The zero-order chi connectivity index (χ0) is 17.8. The minimum atomic E-state index is -0.433. The molecule has 0 unspecified atom stereocenters. The third-order valence-electron chi connectivity index (χ3n) is 3.75. The first-order valence-corrected chi connectivity index (χ1v) is 7.99. The molecule has 0 saturated carbocycles. The molecule has 2 aromatic rings. The van der Waals surface area contributed by atoms with Crippen molar-refractivity contribution >= 4 is 17.3 Å². The van der Waals surface area contributed by atoms with Gasteiger partial charge < -0.3 is 14.2 Å². The van der Waals surface area contributed by atoms with Crippen molar-refractivity contribution in [2.75, 3.05) is 6.79 Å². The Morgan fingerprint density at radius 3 is 2.92 bits per heavy atom. The van der Waals surface area contributed by atoms with Gasteiger partial charge in [0.05, 0.1) is 11.5 Å². The lowest BCUT2D eigenvalue weighted by atomic mass is 10.1. The Morgan fingerprint density at radius 1 is 1.32 bits per heavy atom. The standard InChI is InChI=1S/C18H16ClNO5/c1-2-3-12-8-16(20(21)22)4-5-17(12)24-10-14-7-15(19)6-13-9-23-11-25-18(13)14/h2,4-8H,1,3,9-11H2. The molecule has 0 atom stereocenters. The Balaban J connectivity index is 1.85. The zero-order valence-electron chi connectivity index (χ0n) is 13.4. The molecule has 2 aromatic carbocycles. The van der Waals surface area contributed by atoms with Gasteiger partial charge in [-0.05, 0) is 24.6 Å². The number of benzene rings is 2. The van der Waals surface area contributed by atoms with Gasteiger partial charge in [-0.25, -0.2) is 0 Å². The number of nitro benzene ring substituents is 1. The van der Waals surface area contributed by atoms with Crippen LogP contribution in [0.1, 0.15) is 16.7 Å². The van der Waals surface area contributed by atoms with Crippen LogP contribution in [0.5, 0.6) is 11.5 Å². The summed E-state index contributed by atoms with van der Waals surface area (Å²) < 4.78 is 16.7. The summed E-state index contributed by atoms with van der Waals surface area (Å²) in [5, 5.41) is 11.5. The number of hydrogen-bond acceptors (Lipinski definition) is 5. The summed E-state index contributed by atoms with van der Waals surface area (Å²) in [7, 11) is 0. The van der Waals surface area contributed by atoms with E-state index in [2.05, 4.69) is 6.58 Å². The van der Waals surface area contributed by atoms with Crippen LogP contribution in [-0.2, 0) is 24.4 Å². The van der Waals surface area contributed by atoms with Gasteiger partial charge in [0.2, 0.25) is 0 Å². The first-order valence-electron chi connectivity index (χ1n) is 7.61. The topological polar surface area (TPSA) is 70.8 Å². The minimum Gasteiger partial charge on any atom is -0.488 e. The molecule has 0 amide bonds. The quantitative estimate of drug-likeness (QED) is 0.432. The predicted molar refractivity (Wildman–Crippen MR) is 93.1 cm³/mol. The summed E-state index contributed by atoms with van der Waals surface area (Å²) in [4.78, 5) is 10.5. The molecule has 0 aromatic heterocycles. The maximum Gasteiger partial charge on any atom is 0.269 e. The molecule has 25 heavy (non-hydrogen) atoms. The Hall–Kier alpha value is -2.57. The van der Waals surface area contributed by atoms with Crippen molar-refractivity contribution in [3.63, 3.8) is 0 Å². The average Bonchev–Trinajstić information content (AvgIpc) is 2.60. The number of allylic oxidation sites excluding steroid dienone is 1. The Labute approximate surface area is 149 Å². The summed E-state index contributed by atoms with van der Waals surface area (Å²) in [6.07, 6.45) is 2.14. The molecule has 1 aliphatic heterocycles. The van der Waals surface area contributed by atoms with E-state index in [-0.39, 0.29) is 19.1 Å². The van der Waals surface area contributed by atoms with Gasteiger partial charge in [-0.15, -0.1) is 6.58 Å². The molecule has 130 valence electrons. The first kappa shape index (κ1) is 17.3. The van der Waals surface area contributed by atoms with Crippen LogP contribution < -0.4 is 9.47 Å². The Kier molecular flexibility index (Phi) is 5.21. The van der Waals surface area contributed by atoms with Crippen LogP contribution in [0.15, 0.2) is 43.0 Å². The number of fused-ring (bicyclic) bond motifs is 1. The van der Waals surface area contributed by atoms with Gasteiger partial charge in [-0.2, -0.15) is 0 Å². The van der Waals surface area contributed by atoms with Crippen LogP contribution in [0.4, 0.5) is 5.69 Å². The highest BCUT2D eigenvalue weighted by Crippen LogP contribution is 2.33. The highest BCUT2D eigenvalue weighted by molar-refractivity contribution is 6.30. The fourth-order valence-electron chi connectivity index (χ4n) is 2.65. The van der Waals surface area contributed by atoms with E-state index in [0.29, 0.717) is 35.1 Å². The van der Waals surface area contributed by atoms with Crippen molar-refractivity contribution in [1.82, 2.24) is 0 Å². The van der Waals surface area contributed by atoms with Crippen molar-refractivity contribution in [1.29, 1.82) is 0 Å². The second kappa shape index (κ2) is 7.55. The SMILES string of the molecule is C=CCc1cc([N+](=O)[O-])ccc1OCc1cc(Cl)cc2c1OCOC2. The maximum absolute atomic E-state index is 10.9. The maximum atomic E-state index is 10.9. The normalized spacial score (nSPS) is 12.8. The van der Waals surface area contributed by atoms with Crippen molar-refractivity contribution in [3.8, 4) is 11.5 Å². The van der Waals surface area contributed by atoms with Crippen LogP contribution in [-0.4, -0.2) is 11.7 Å². The van der Waals surface area contributed by atoms with Crippen LogP contribution >= 0.6 is 11.6 Å². The molecular weight excluding hydrogens is 346 g/mol. The van der Waals surface area contributed by atoms with E-state index in [1.54, 1.807) is 24.3 Å². The van der Waals surface area contributed by atoms with E-state index in [9.17, 15) is 10.1 Å². The van der Waals surface area contributed by atoms with Crippen LogP contribution in [0.25, 0.3) is 0 Å². The van der Waals surface area contributed by atoms with Gasteiger partial charge in [0, 0.05) is 33.8 Å². The lowest BCUT2D eigenvalue weighted by Crippen LogP contribution is -2.14. The monoisotopic (exact) mass is 361 g/mol. The molecule has 3 rings (SSSR count). The van der Waals surface area contributed by atoms with E-state index in [1.165, 1.54) is 12.1 Å². The van der Waals surface area contributed by atoms with E-state index in [1.807, 2.05) is 0 Å². The summed E-state index contributed by atoms with van der Waals surface area (Å²) in [5.41, 5.74) is 2.38. The second-order valence-electron chi connectivity index (χ2n) is 5.49. The smallest absolute Gasteiger partial charge is 0.269 e. The van der Waals surface area contributed by atoms with Gasteiger partial charge in [0.15, 0.2) is 6.79 Å². The zero-order valence-corrected chi connectivity index (χ0v) is 14.1. The van der Waals surface area contributed by atoms with Crippen LogP contribution in [0, 0.1) is 10.1 Å². The molecular formula is C18H16ClNO5. The van der Waals surface area contributed by atoms with Gasteiger partial charge >= 0.3 is 0 Å². The van der Waals surface area contributed by atoms with Gasteiger partial charge in [0.25, 0.3) is 5.69 Å². The van der Waals surface area contributed by atoms with Gasteiger partial charge in [-0.3, -0.25) is 10.1 Å². The fraction of sp³-hybridized carbons (Fsp3) is 0.222. The van der Waals surface area contributed by atoms with Crippen molar-refractivity contribution in [2.24, 2.45) is 0 Å². The second-order valence-corrected chi connectivity index (χ2v) is 5.93. The number of nitrogens with zero attached hydrogens (tertiary/aromatic N) is 1. The molecule has 0 radical (unpaired) electrons. The molecule has 0 saturated heterocycles. The molecule has 6 nitrogen and oxygen atoms in total. The third-order valence-corrected chi connectivity index (χ3v) is 3.97. The highest BCUT2D eigenvalue weighted by atomic mass is 35.5. The van der Waals surface area contributed by atoms with E-state index in [0.717, 1.165) is 11.1 Å². The van der Waals surface area contributed by atoms with Crippen LogP contribution in [0.3, 0.4) is 0 Å². The largest absolute Gasteiger partial charge is 0.488 e. The molecule has 1 aliphatic rings. The lowest BCUT2D eigenvalue weighted by Gasteiger charge is -2.21. The molecule has 0 aliphatic carbocycles.